The Morgan fingerprint density at radius 1 is 1.15 bits per heavy atom. The van der Waals surface area contributed by atoms with Gasteiger partial charge in [0.1, 0.15) is 22.0 Å². The normalized spacial score (nSPS) is 16.8. The molecule has 0 saturated carbocycles. The average molecular weight is 410 g/mol. The van der Waals surface area contributed by atoms with Gasteiger partial charge >= 0.3 is 0 Å². The molecule has 0 unspecified atom stereocenters. The molecule has 26 heavy (non-hydrogen) atoms. The van der Waals surface area contributed by atoms with Crippen LogP contribution < -0.4 is 4.74 Å². The summed E-state index contributed by atoms with van der Waals surface area (Å²) in [5, 5.41) is 2.19. The Labute approximate surface area is 160 Å². The van der Waals surface area contributed by atoms with E-state index in [4.69, 9.17) is 16.3 Å². The summed E-state index contributed by atoms with van der Waals surface area (Å²) in [5.41, 5.74) is 0.860. The van der Waals surface area contributed by atoms with E-state index in [0.29, 0.717) is 31.8 Å². The predicted molar refractivity (Wildman–Crippen MR) is 101 cm³/mol. The SMILES string of the molecule is O=S(=O)(c1ccccc1Cl)N1CCC(Oc2ncnc3ccsc23)CC1. The van der Waals surface area contributed by atoms with Crippen molar-refractivity contribution in [3.63, 3.8) is 0 Å². The lowest BCUT2D eigenvalue weighted by Crippen LogP contribution is -2.41. The van der Waals surface area contributed by atoms with E-state index in [1.54, 1.807) is 18.2 Å². The molecule has 6 nitrogen and oxygen atoms in total. The number of ether oxygens (including phenoxy) is 1. The lowest BCUT2D eigenvalue weighted by molar-refractivity contribution is 0.132. The van der Waals surface area contributed by atoms with E-state index in [2.05, 4.69) is 9.97 Å². The number of thiophene rings is 1. The predicted octanol–water partition coefficient (Wildman–Crippen LogP) is 3.58. The van der Waals surface area contributed by atoms with Gasteiger partial charge < -0.3 is 4.74 Å². The minimum Gasteiger partial charge on any atom is -0.473 e. The van der Waals surface area contributed by atoms with Gasteiger partial charge in [0.05, 0.1) is 10.5 Å². The number of sulfonamides is 1. The fourth-order valence-electron chi connectivity index (χ4n) is 2.99. The highest BCUT2D eigenvalue weighted by atomic mass is 35.5. The minimum absolute atomic E-state index is 0.0760. The molecule has 1 aliphatic rings. The molecule has 1 aromatic carbocycles. The Bertz CT molecular complexity index is 1030. The van der Waals surface area contributed by atoms with Gasteiger partial charge in [-0.15, -0.1) is 11.3 Å². The van der Waals surface area contributed by atoms with Gasteiger partial charge in [-0.25, -0.2) is 18.4 Å². The molecule has 9 heteroatoms. The standard InChI is InChI=1S/C17H16ClN3O3S2/c18-13-3-1-2-4-15(13)26(22,23)21-8-5-12(6-9-21)24-17-16-14(7-10-25-16)19-11-20-17/h1-4,7,10-12H,5-6,8-9H2. The van der Waals surface area contributed by atoms with Gasteiger partial charge in [-0.05, 0) is 36.4 Å². The zero-order valence-electron chi connectivity index (χ0n) is 13.7. The van der Waals surface area contributed by atoms with Gasteiger partial charge in [0.15, 0.2) is 0 Å². The van der Waals surface area contributed by atoms with Crippen LogP contribution in [0.4, 0.5) is 0 Å². The molecule has 1 fully saturated rings. The number of rotatable bonds is 4. The van der Waals surface area contributed by atoms with Gasteiger partial charge in [-0.1, -0.05) is 23.7 Å². The van der Waals surface area contributed by atoms with E-state index in [1.165, 1.54) is 28.0 Å². The molecule has 0 bridgehead atoms. The van der Waals surface area contributed by atoms with Crippen molar-refractivity contribution < 1.29 is 13.2 Å². The summed E-state index contributed by atoms with van der Waals surface area (Å²) in [4.78, 5) is 8.58. The Morgan fingerprint density at radius 2 is 1.92 bits per heavy atom. The Balaban J connectivity index is 1.46. The van der Waals surface area contributed by atoms with Crippen molar-refractivity contribution in [3.05, 3.63) is 47.1 Å². The smallest absolute Gasteiger partial charge is 0.244 e. The number of hydrogen-bond donors (Lipinski definition) is 0. The van der Waals surface area contributed by atoms with E-state index >= 15 is 0 Å². The van der Waals surface area contributed by atoms with Crippen LogP contribution in [0.3, 0.4) is 0 Å². The zero-order chi connectivity index (χ0) is 18.1. The van der Waals surface area contributed by atoms with E-state index in [1.807, 2.05) is 11.4 Å². The Kier molecular flexibility index (Phi) is 4.83. The van der Waals surface area contributed by atoms with Crippen LogP contribution in [0.25, 0.3) is 10.2 Å². The first-order valence-electron chi connectivity index (χ1n) is 8.15. The number of piperidine rings is 1. The first kappa shape index (κ1) is 17.7. The molecule has 0 amide bonds. The summed E-state index contributed by atoms with van der Waals surface area (Å²) in [6.45, 7) is 0.772. The molecular weight excluding hydrogens is 394 g/mol. The van der Waals surface area contributed by atoms with E-state index < -0.39 is 10.0 Å². The molecule has 2 aromatic heterocycles. The summed E-state index contributed by atoms with van der Waals surface area (Å²) in [6, 6.07) is 8.44. The molecule has 136 valence electrons. The maximum absolute atomic E-state index is 12.8. The zero-order valence-corrected chi connectivity index (χ0v) is 16.1. The van der Waals surface area contributed by atoms with Crippen molar-refractivity contribution >= 4 is 43.2 Å². The van der Waals surface area contributed by atoms with Crippen molar-refractivity contribution in [2.45, 2.75) is 23.8 Å². The first-order valence-corrected chi connectivity index (χ1v) is 10.8. The second-order valence-electron chi connectivity index (χ2n) is 5.97. The van der Waals surface area contributed by atoms with Gasteiger partial charge in [-0.3, -0.25) is 0 Å². The van der Waals surface area contributed by atoms with Gasteiger partial charge in [0, 0.05) is 13.1 Å². The summed E-state index contributed by atoms with van der Waals surface area (Å²) in [5.74, 6) is 0.567. The monoisotopic (exact) mass is 409 g/mol. The van der Waals surface area contributed by atoms with Crippen LogP contribution in [-0.4, -0.2) is 41.9 Å². The Morgan fingerprint density at radius 3 is 2.69 bits per heavy atom. The number of benzene rings is 1. The summed E-state index contributed by atoms with van der Waals surface area (Å²) < 4.78 is 34.0. The Hall–Kier alpha value is -1.74. The van der Waals surface area contributed by atoms with Gasteiger partial charge in [-0.2, -0.15) is 4.31 Å². The fourth-order valence-corrected chi connectivity index (χ4v) is 5.73. The van der Waals surface area contributed by atoms with Crippen molar-refractivity contribution in [3.8, 4) is 5.88 Å². The second-order valence-corrected chi connectivity index (χ2v) is 9.20. The molecule has 1 aliphatic heterocycles. The average Bonchev–Trinajstić information content (AvgIpc) is 3.12. The third-order valence-corrected chi connectivity index (χ3v) is 7.63. The summed E-state index contributed by atoms with van der Waals surface area (Å²) >= 11 is 7.60. The molecule has 4 rings (SSSR count). The third-order valence-electron chi connectivity index (χ3n) is 4.34. The van der Waals surface area contributed by atoms with Gasteiger partial charge in [0.25, 0.3) is 0 Å². The fraction of sp³-hybridized carbons (Fsp3) is 0.294. The van der Waals surface area contributed by atoms with E-state index in [-0.39, 0.29) is 16.0 Å². The third kappa shape index (κ3) is 3.29. The highest BCUT2D eigenvalue weighted by Gasteiger charge is 2.31. The lowest BCUT2D eigenvalue weighted by Gasteiger charge is -2.31. The van der Waals surface area contributed by atoms with Crippen LogP contribution in [0, 0.1) is 0 Å². The van der Waals surface area contributed by atoms with Crippen LogP contribution in [0.5, 0.6) is 5.88 Å². The van der Waals surface area contributed by atoms with Crippen molar-refractivity contribution in [1.29, 1.82) is 0 Å². The molecule has 3 heterocycles. The highest BCUT2D eigenvalue weighted by Crippen LogP contribution is 2.30. The number of hydrogen-bond acceptors (Lipinski definition) is 6. The van der Waals surface area contributed by atoms with Crippen molar-refractivity contribution in [2.75, 3.05) is 13.1 Å². The second kappa shape index (κ2) is 7.11. The van der Waals surface area contributed by atoms with E-state index in [0.717, 1.165) is 10.2 Å². The maximum atomic E-state index is 12.8. The van der Waals surface area contributed by atoms with Crippen molar-refractivity contribution in [2.24, 2.45) is 0 Å². The molecule has 0 spiro atoms. The first-order chi connectivity index (χ1) is 12.6. The lowest BCUT2D eigenvalue weighted by atomic mass is 10.1. The number of fused-ring (bicyclic) bond motifs is 1. The summed E-state index contributed by atoms with van der Waals surface area (Å²) in [6.07, 6.45) is 2.61. The molecule has 1 saturated heterocycles. The topological polar surface area (TPSA) is 72.4 Å². The number of aromatic nitrogens is 2. The molecule has 0 atom stereocenters. The molecule has 3 aromatic rings. The van der Waals surface area contributed by atoms with Crippen LogP contribution in [0.15, 0.2) is 46.9 Å². The highest BCUT2D eigenvalue weighted by molar-refractivity contribution is 7.89. The number of halogens is 1. The van der Waals surface area contributed by atoms with Crippen LogP contribution in [0.1, 0.15) is 12.8 Å². The largest absolute Gasteiger partial charge is 0.473 e. The molecule has 0 aliphatic carbocycles. The van der Waals surface area contributed by atoms with Crippen LogP contribution >= 0.6 is 22.9 Å². The minimum atomic E-state index is -3.59. The molecular formula is C17H16ClN3O3S2. The quantitative estimate of drug-likeness (QED) is 0.658. The maximum Gasteiger partial charge on any atom is 0.244 e. The van der Waals surface area contributed by atoms with E-state index in [9.17, 15) is 8.42 Å². The molecule has 0 N–H and O–H groups in total. The van der Waals surface area contributed by atoms with Crippen LogP contribution in [-0.2, 0) is 10.0 Å². The summed E-state index contributed by atoms with van der Waals surface area (Å²) in [7, 11) is -3.59. The number of nitrogens with zero attached hydrogens (tertiary/aromatic N) is 3. The van der Waals surface area contributed by atoms with Crippen LogP contribution in [0.2, 0.25) is 5.02 Å². The molecule has 0 radical (unpaired) electrons. The van der Waals surface area contributed by atoms with Crippen molar-refractivity contribution in [1.82, 2.24) is 14.3 Å². The van der Waals surface area contributed by atoms with Gasteiger partial charge in [0.2, 0.25) is 15.9 Å².